The number of aliphatic hydroxyl groups excluding tert-OH is 1. The zero-order chi connectivity index (χ0) is 15.6. The van der Waals surface area contributed by atoms with Gasteiger partial charge in [0.15, 0.2) is 0 Å². The lowest BCUT2D eigenvalue weighted by atomic mass is 10.0. The highest BCUT2D eigenvalue weighted by molar-refractivity contribution is 5.86. The second-order valence-electron chi connectivity index (χ2n) is 4.97. The quantitative estimate of drug-likeness (QED) is 0.716. The molecule has 2 amide bonds. The molecular weight excluding hydrogens is 281 g/mol. The number of likely N-dealkylation sites (tertiary alicyclic amines) is 1. The second-order valence-corrected chi connectivity index (χ2v) is 4.97. The monoisotopic (exact) mass is 298 g/mol. The number of carbonyl (C=O) groups is 2. The van der Waals surface area contributed by atoms with Crippen LogP contribution in [0.1, 0.15) is 19.8 Å². The summed E-state index contributed by atoms with van der Waals surface area (Å²) in [5.74, 6) is -2.14. The van der Waals surface area contributed by atoms with Gasteiger partial charge in [-0.2, -0.15) is 13.2 Å². The van der Waals surface area contributed by atoms with Gasteiger partial charge in [0.05, 0.1) is 0 Å². The Balaban J connectivity index is 2.72. The van der Waals surface area contributed by atoms with Crippen molar-refractivity contribution >= 4 is 12.0 Å². The van der Waals surface area contributed by atoms with E-state index in [4.69, 9.17) is 10.2 Å². The molecule has 0 aromatic rings. The van der Waals surface area contributed by atoms with Gasteiger partial charge in [0.1, 0.15) is 0 Å². The lowest BCUT2D eigenvalue weighted by molar-refractivity contribution is -0.203. The number of halogens is 3. The maximum atomic E-state index is 12.8. The summed E-state index contributed by atoms with van der Waals surface area (Å²) in [4.78, 5) is 23.7. The average molecular weight is 298 g/mol. The van der Waals surface area contributed by atoms with Crippen LogP contribution in [0.15, 0.2) is 0 Å². The van der Waals surface area contributed by atoms with Crippen molar-refractivity contribution in [3.8, 4) is 0 Å². The first-order chi connectivity index (χ1) is 9.11. The molecule has 0 aromatic heterocycles. The Morgan fingerprint density at radius 3 is 2.45 bits per heavy atom. The standard InChI is InChI=1S/C11H17F3N2O4/c1-10(8(18)19,11(12,13)14)15-9(20)16-4-2-7(6-16)3-5-17/h7,17H,2-6H2,1H3,(H,15,20)(H,18,19). The molecule has 9 heteroatoms. The van der Waals surface area contributed by atoms with Crippen LogP contribution in [0.3, 0.4) is 0 Å². The summed E-state index contributed by atoms with van der Waals surface area (Å²) < 4.78 is 38.3. The van der Waals surface area contributed by atoms with Crippen LogP contribution < -0.4 is 5.32 Å². The molecule has 6 nitrogen and oxygen atoms in total. The van der Waals surface area contributed by atoms with Crippen molar-refractivity contribution in [3.63, 3.8) is 0 Å². The summed E-state index contributed by atoms with van der Waals surface area (Å²) in [6.07, 6.45) is -4.07. The van der Waals surface area contributed by atoms with Gasteiger partial charge in [0, 0.05) is 19.7 Å². The van der Waals surface area contributed by atoms with Crippen molar-refractivity contribution < 1.29 is 33.0 Å². The summed E-state index contributed by atoms with van der Waals surface area (Å²) in [5, 5.41) is 19.0. The minimum Gasteiger partial charge on any atom is -0.479 e. The molecule has 1 fully saturated rings. The van der Waals surface area contributed by atoms with Crippen LogP contribution in [0.4, 0.5) is 18.0 Å². The minimum absolute atomic E-state index is 0.0210. The molecule has 0 bridgehead atoms. The predicted octanol–water partition coefficient (Wildman–Crippen LogP) is 0.806. The summed E-state index contributed by atoms with van der Waals surface area (Å²) in [6, 6.07) is -1.06. The molecule has 1 saturated heterocycles. The maximum Gasteiger partial charge on any atom is 0.422 e. The molecule has 2 unspecified atom stereocenters. The van der Waals surface area contributed by atoms with Gasteiger partial charge in [-0.15, -0.1) is 0 Å². The Hall–Kier alpha value is -1.51. The van der Waals surface area contributed by atoms with E-state index < -0.39 is 23.7 Å². The third-order valence-electron chi connectivity index (χ3n) is 3.46. The fraction of sp³-hybridized carbons (Fsp3) is 0.818. The predicted molar refractivity (Wildman–Crippen MR) is 62.0 cm³/mol. The van der Waals surface area contributed by atoms with Crippen LogP contribution in [0.2, 0.25) is 0 Å². The van der Waals surface area contributed by atoms with Crippen molar-refractivity contribution in [2.24, 2.45) is 5.92 Å². The Labute approximate surface area is 113 Å². The highest BCUT2D eigenvalue weighted by Crippen LogP contribution is 2.31. The van der Waals surface area contributed by atoms with Crippen LogP contribution >= 0.6 is 0 Å². The van der Waals surface area contributed by atoms with E-state index in [-0.39, 0.29) is 25.6 Å². The number of carbonyl (C=O) groups excluding carboxylic acids is 1. The van der Waals surface area contributed by atoms with Crippen LogP contribution in [-0.2, 0) is 4.79 Å². The van der Waals surface area contributed by atoms with E-state index in [2.05, 4.69) is 0 Å². The van der Waals surface area contributed by atoms with Crippen molar-refractivity contribution in [2.45, 2.75) is 31.5 Å². The third-order valence-corrected chi connectivity index (χ3v) is 3.46. The summed E-state index contributed by atoms with van der Waals surface area (Å²) in [5.41, 5.74) is -3.32. The fourth-order valence-electron chi connectivity index (χ4n) is 1.97. The fourth-order valence-corrected chi connectivity index (χ4v) is 1.97. The van der Waals surface area contributed by atoms with Crippen LogP contribution in [-0.4, -0.2) is 58.5 Å². The SMILES string of the molecule is CC(NC(=O)N1CCC(CCO)C1)(C(=O)O)C(F)(F)F. The zero-order valence-electron chi connectivity index (χ0n) is 10.9. The van der Waals surface area contributed by atoms with E-state index in [1.807, 2.05) is 0 Å². The normalized spacial score (nSPS) is 22.4. The molecule has 116 valence electrons. The van der Waals surface area contributed by atoms with Gasteiger partial charge in [-0.05, 0) is 25.7 Å². The largest absolute Gasteiger partial charge is 0.479 e. The minimum atomic E-state index is -5.10. The molecule has 0 aromatic carbocycles. The molecule has 20 heavy (non-hydrogen) atoms. The highest BCUT2D eigenvalue weighted by atomic mass is 19.4. The van der Waals surface area contributed by atoms with Gasteiger partial charge in [-0.3, -0.25) is 0 Å². The molecule has 3 N–H and O–H groups in total. The van der Waals surface area contributed by atoms with Crippen LogP contribution in [0.25, 0.3) is 0 Å². The van der Waals surface area contributed by atoms with Gasteiger partial charge in [-0.25, -0.2) is 9.59 Å². The summed E-state index contributed by atoms with van der Waals surface area (Å²) in [7, 11) is 0. The van der Waals surface area contributed by atoms with Crippen molar-refractivity contribution in [1.29, 1.82) is 0 Å². The number of aliphatic hydroxyl groups is 1. The summed E-state index contributed by atoms with van der Waals surface area (Å²) >= 11 is 0. The molecule has 0 saturated carbocycles. The van der Waals surface area contributed by atoms with Gasteiger partial charge in [0.25, 0.3) is 0 Å². The molecule has 0 aliphatic carbocycles. The average Bonchev–Trinajstić information content (AvgIpc) is 2.76. The van der Waals surface area contributed by atoms with E-state index in [0.717, 1.165) is 4.90 Å². The van der Waals surface area contributed by atoms with Crippen LogP contribution in [0, 0.1) is 5.92 Å². The van der Waals surface area contributed by atoms with E-state index in [9.17, 15) is 22.8 Å². The number of nitrogens with one attached hydrogen (secondary N) is 1. The number of amides is 2. The number of alkyl halides is 3. The molecule has 1 heterocycles. The first-order valence-corrected chi connectivity index (χ1v) is 6.10. The number of aliphatic carboxylic acids is 1. The van der Waals surface area contributed by atoms with E-state index in [1.54, 1.807) is 0 Å². The smallest absolute Gasteiger partial charge is 0.422 e. The number of hydrogen-bond donors (Lipinski definition) is 3. The molecule has 1 aliphatic rings. The van der Waals surface area contributed by atoms with Gasteiger partial charge in [0.2, 0.25) is 5.54 Å². The molecule has 0 spiro atoms. The molecular formula is C11H17F3N2O4. The lowest BCUT2D eigenvalue weighted by Crippen LogP contribution is -2.63. The van der Waals surface area contributed by atoms with E-state index in [1.165, 1.54) is 5.32 Å². The highest BCUT2D eigenvalue weighted by Gasteiger charge is 2.59. The number of carboxylic acids is 1. The second kappa shape index (κ2) is 5.86. The van der Waals surface area contributed by atoms with Gasteiger partial charge >= 0.3 is 18.2 Å². The van der Waals surface area contributed by atoms with Gasteiger partial charge in [-0.1, -0.05) is 0 Å². The van der Waals surface area contributed by atoms with Gasteiger partial charge < -0.3 is 20.4 Å². The zero-order valence-corrected chi connectivity index (χ0v) is 10.9. The number of carboxylic acid groups (broad SMARTS) is 1. The lowest BCUT2D eigenvalue weighted by Gasteiger charge is -2.30. The van der Waals surface area contributed by atoms with E-state index in [0.29, 0.717) is 19.8 Å². The van der Waals surface area contributed by atoms with Crippen LogP contribution in [0.5, 0.6) is 0 Å². The van der Waals surface area contributed by atoms with Crippen molar-refractivity contribution in [2.75, 3.05) is 19.7 Å². The first-order valence-electron chi connectivity index (χ1n) is 6.10. The number of nitrogens with zero attached hydrogens (tertiary/aromatic N) is 1. The Bertz CT molecular complexity index is 388. The first kappa shape index (κ1) is 16.5. The topological polar surface area (TPSA) is 89.9 Å². The Kier molecular flexibility index (Phi) is 4.85. The number of hydrogen-bond acceptors (Lipinski definition) is 3. The Morgan fingerprint density at radius 2 is 2.00 bits per heavy atom. The number of rotatable bonds is 4. The molecule has 1 aliphatic heterocycles. The van der Waals surface area contributed by atoms with E-state index >= 15 is 0 Å². The molecule has 2 atom stereocenters. The Morgan fingerprint density at radius 1 is 1.40 bits per heavy atom. The number of urea groups is 1. The molecule has 1 rings (SSSR count). The van der Waals surface area contributed by atoms with Crippen molar-refractivity contribution in [1.82, 2.24) is 10.2 Å². The third kappa shape index (κ3) is 3.33. The van der Waals surface area contributed by atoms with Crippen molar-refractivity contribution in [3.05, 3.63) is 0 Å². The summed E-state index contributed by atoms with van der Waals surface area (Å²) in [6.45, 7) is 0.800. The maximum absolute atomic E-state index is 12.8. The molecule has 0 radical (unpaired) electrons.